The van der Waals surface area contributed by atoms with Crippen molar-refractivity contribution in [2.24, 2.45) is 0 Å². The van der Waals surface area contributed by atoms with Crippen molar-refractivity contribution in [3.05, 3.63) is 63.8 Å². The molecule has 2 N–H and O–H groups in total. The standard InChI is InChI=1S/C23H23BrN2O5S/c1-3-8-30-19-7-4-14(9-20(19)31-21(27)13-32-2)11-25-12-18-17-10-15(24)5-6-16(17)22(28)26-23(18)29/h4-7,9-10,12,25H,3,8,11,13H2,1-2H3,(H,26,28,29)/b18-12-. The first-order valence-corrected chi connectivity index (χ1v) is 12.2. The zero-order chi connectivity index (χ0) is 23.1. The number of halogens is 1. The molecular formula is C23H23BrN2O5S. The summed E-state index contributed by atoms with van der Waals surface area (Å²) in [5.74, 6) is -0.133. The summed E-state index contributed by atoms with van der Waals surface area (Å²) in [5, 5.41) is 5.46. The van der Waals surface area contributed by atoms with Gasteiger partial charge >= 0.3 is 5.97 Å². The van der Waals surface area contributed by atoms with Crippen molar-refractivity contribution in [2.45, 2.75) is 19.9 Å². The third-order valence-corrected chi connectivity index (χ3v) is 5.51. The van der Waals surface area contributed by atoms with Crippen LogP contribution in [0.4, 0.5) is 0 Å². The first-order chi connectivity index (χ1) is 15.4. The summed E-state index contributed by atoms with van der Waals surface area (Å²) in [6.07, 6.45) is 4.24. The first-order valence-electron chi connectivity index (χ1n) is 9.97. The number of nitrogens with one attached hydrogen (secondary N) is 2. The minimum absolute atomic E-state index is 0.241. The van der Waals surface area contributed by atoms with Gasteiger partial charge in [-0.05, 0) is 48.6 Å². The fourth-order valence-electron chi connectivity index (χ4n) is 3.06. The molecule has 0 aliphatic carbocycles. The molecule has 3 rings (SSSR count). The van der Waals surface area contributed by atoms with E-state index in [0.717, 1.165) is 16.5 Å². The van der Waals surface area contributed by atoms with Crippen molar-refractivity contribution in [3.8, 4) is 11.5 Å². The second-order valence-corrected chi connectivity index (χ2v) is 8.73. The smallest absolute Gasteiger partial charge is 0.321 e. The van der Waals surface area contributed by atoms with Gasteiger partial charge in [0.1, 0.15) is 0 Å². The van der Waals surface area contributed by atoms with Gasteiger partial charge in [-0.1, -0.05) is 28.9 Å². The lowest BCUT2D eigenvalue weighted by Crippen LogP contribution is -2.37. The van der Waals surface area contributed by atoms with E-state index in [4.69, 9.17) is 9.47 Å². The van der Waals surface area contributed by atoms with Gasteiger partial charge in [0.25, 0.3) is 11.8 Å². The van der Waals surface area contributed by atoms with Crippen LogP contribution in [0.2, 0.25) is 0 Å². The van der Waals surface area contributed by atoms with Gasteiger partial charge in [-0.2, -0.15) is 11.8 Å². The van der Waals surface area contributed by atoms with Crippen molar-refractivity contribution >= 4 is 51.0 Å². The maximum Gasteiger partial charge on any atom is 0.321 e. The molecule has 2 amide bonds. The Hall–Kier alpha value is -2.78. The number of rotatable bonds is 9. The van der Waals surface area contributed by atoms with Crippen molar-refractivity contribution in [2.75, 3.05) is 18.6 Å². The fraction of sp³-hybridized carbons (Fsp3) is 0.261. The average molecular weight is 519 g/mol. The predicted octanol–water partition coefficient (Wildman–Crippen LogP) is 3.91. The van der Waals surface area contributed by atoms with E-state index in [1.807, 2.05) is 19.2 Å². The molecule has 2 aromatic carbocycles. The molecule has 168 valence electrons. The van der Waals surface area contributed by atoms with Crippen LogP contribution in [0.3, 0.4) is 0 Å². The summed E-state index contributed by atoms with van der Waals surface area (Å²) in [4.78, 5) is 36.4. The lowest BCUT2D eigenvalue weighted by Gasteiger charge is -2.18. The Kier molecular flexibility index (Phi) is 8.35. The maximum absolute atomic E-state index is 12.4. The second-order valence-electron chi connectivity index (χ2n) is 6.95. The number of hydrogen-bond acceptors (Lipinski definition) is 7. The number of benzene rings is 2. The van der Waals surface area contributed by atoms with Crippen LogP contribution >= 0.6 is 27.7 Å². The summed E-state index contributed by atoms with van der Waals surface area (Å²) in [7, 11) is 0. The molecule has 0 bridgehead atoms. The normalized spacial score (nSPS) is 14.0. The zero-order valence-corrected chi connectivity index (χ0v) is 20.1. The minimum Gasteiger partial charge on any atom is -0.490 e. The lowest BCUT2D eigenvalue weighted by atomic mass is 9.95. The molecule has 0 aromatic heterocycles. The molecule has 1 aliphatic heterocycles. The highest BCUT2D eigenvalue weighted by atomic mass is 79.9. The van der Waals surface area contributed by atoms with E-state index in [1.54, 1.807) is 36.5 Å². The molecule has 0 fully saturated rings. The van der Waals surface area contributed by atoms with Crippen LogP contribution in [0.5, 0.6) is 11.5 Å². The van der Waals surface area contributed by atoms with Crippen LogP contribution in [0, 0.1) is 0 Å². The average Bonchev–Trinajstić information content (AvgIpc) is 2.75. The van der Waals surface area contributed by atoms with E-state index in [-0.39, 0.29) is 11.7 Å². The number of amides is 2. The molecule has 0 saturated carbocycles. The topological polar surface area (TPSA) is 93.7 Å². The van der Waals surface area contributed by atoms with Crippen LogP contribution in [0.25, 0.3) is 5.57 Å². The zero-order valence-electron chi connectivity index (χ0n) is 17.7. The Bertz CT molecular complexity index is 1070. The lowest BCUT2D eigenvalue weighted by molar-refractivity contribution is -0.131. The summed E-state index contributed by atoms with van der Waals surface area (Å²) >= 11 is 4.76. The largest absolute Gasteiger partial charge is 0.490 e. The Morgan fingerprint density at radius 3 is 2.69 bits per heavy atom. The van der Waals surface area contributed by atoms with E-state index >= 15 is 0 Å². The van der Waals surface area contributed by atoms with Crippen molar-refractivity contribution in [3.63, 3.8) is 0 Å². The third kappa shape index (κ3) is 5.92. The molecule has 9 heteroatoms. The molecule has 0 atom stereocenters. The summed E-state index contributed by atoms with van der Waals surface area (Å²) in [6.45, 7) is 2.88. The summed E-state index contributed by atoms with van der Waals surface area (Å²) in [6, 6.07) is 10.5. The quantitative estimate of drug-likeness (QED) is 0.225. The molecular weight excluding hydrogens is 496 g/mol. The Morgan fingerprint density at radius 1 is 1.12 bits per heavy atom. The summed E-state index contributed by atoms with van der Waals surface area (Å²) < 4.78 is 11.9. The van der Waals surface area contributed by atoms with Gasteiger partial charge in [0.15, 0.2) is 11.5 Å². The van der Waals surface area contributed by atoms with E-state index in [0.29, 0.717) is 41.4 Å². The highest BCUT2D eigenvalue weighted by Crippen LogP contribution is 2.30. The van der Waals surface area contributed by atoms with Gasteiger partial charge in [-0.3, -0.25) is 19.7 Å². The molecule has 0 spiro atoms. The molecule has 32 heavy (non-hydrogen) atoms. The number of esters is 1. The molecule has 0 unspecified atom stereocenters. The van der Waals surface area contributed by atoms with Gasteiger partial charge in [0, 0.05) is 28.3 Å². The Labute approximate surface area is 199 Å². The molecule has 1 aliphatic rings. The number of imide groups is 1. The molecule has 0 radical (unpaired) electrons. The van der Waals surface area contributed by atoms with Crippen LogP contribution in [-0.4, -0.2) is 36.4 Å². The third-order valence-electron chi connectivity index (χ3n) is 4.50. The number of thioether (sulfide) groups is 1. The second kappa shape index (κ2) is 11.2. The SMILES string of the molecule is CCCOc1ccc(CN/C=C2\C(=O)NC(=O)c3ccc(Br)cc32)cc1OC(=O)CSC. The molecule has 2 aromatic rings. The van der Waals surface area contributed by atoms with Gasteiger partial charge in [-0.25, -0.2) is 0 Å². The number of ether oxygens (including phenoxy) is 2. The first kappa shape index (κ1) is 23.9. The summed E-state index contributed by atoms with van der Waals surface area (Å²) in [5.41, 5.74) is 2.17. The molecule has 7 nitrogen and oxygen atoms in total. The monoisotopic (exact) mass is 518 g/mol. The van der Waals surface area contributed by atoms with Crippen LogP contribution in [-0.2, 0) is 16.1 Å². The van der Waals surface area contributed by atoms with Crippen molar-refractivity contribution in [1.82, 2.24) is 10.6 Å². The number of carbonyl (C=O) groups is 3. The Balaban J connectivity index is 1.79. The van der Waals surface area contributed by atoms with Gasteiger partial charge in [-0.15, -0.1) is 0 Å². The highest BCUT2D eigenvalue weighted by molar-refractivity contribution is 9.10. The van der Waals surface area contributed by atoms with Crippen LogP contribution in [0.15, 0.2) is 47.1 Å². The van der Waals surface area contributed by atoms with Crippen molar-refractivity contribution < 1.29 is 23.9 Å². The number of hydrogen-bond donors (Lipinski definition) is 2. The number of fused-ring (bicyclic) bond motifs is 1. The van der Waals surface area contributed by atoms with Crippen LogP contribution in [0.1, 0.15) is 34.8 Å². The molecule has 1 heterocycles. The van der Waals surface area contributed by atoms with Gasteiger partial charge in [0.05, 0.1) is 17.9 Å². The van der Waals surface area contributed by atoms with E-state index in [1.165, 1.54) is 11.8 Å². The Morgan fingerprint density at radius 2 is 1.94 bits per heavy atom. The van der Waals surface area contributed by atoms with E-state index in [9.17, 15) is 14.4 Å². The van der Waals surface area contributed by atoms with Crippen LogP contribution < -0.4 is 20.1 Å². The van der Waals surface area contributed by atoms with E-state index < -0.39 is 11.8 Å². The maximum atomic E-state index is 12.4. The van der Waals surface area contributed by atoms with Crippen molar-refractivity contribution in [1.29, 1.82) is 0 Å². The molecule has 0 saturated heterocycles. The van der Waals surface area contributed by atoms with E-state index in [2.05, 4.69) is 26.6 Å². The highest BCUT2D eigenvalue weighted by Gasteiger charge is 2.27. The minimum atomic E-state index is -0.469. The predicted molar refractivity (Wildman–Crippen MR) is 128 cm³/mol. The van der Waals surface area contributed by atoms with Gasteiger partial charge < -0.3 is 14.8 Å². The van der Waals surface area contributed by atoms with Gasteiger partial charge in [0.2, 0.25) is 0 Å². The number of carbonyl (C=O) groups excluding carboxylic acids is 3. The fourth-order valence-corrected chi connectivity index (χ4v) is 3.71.